The van der Waals surface area contributed by atoms with E-state index in [-0.39, 0.29) is 23.9 Å². The number of fused-ring (bicyclic) bond motifs is 1. The van der Waals surface area contributed by atoms with Gasteiger partial charge in [-0.1, -0.05) is 18.2 Å². The van der Waals surface area contributed by atoms with Gasteiger partial charge in [0.05, 0.1) is 0 Å². The maximum Gasteiger partial charge on any atom is 0.246 e. The average Bonchev–Trinajstić information content (AvgIpc) is 3.07. The minimum atomic E-state index is -3.62. The Hall–Kier alpha value is -2.45. The van der Waals surface area contributed by atoms with Gasteiger partial charge < -0.3 is 9.88 Å². The number of carbonyl (C=O) groups is 1. The van der Waals surface area contributed by atoms with Crippen molar-refractivity contribution in [3.05, 3.63) is 48.8 Å². The van der Waals surface area contributed by atoms with Gasteiger partial charge in [0, 0.05) is 50.0 Å². The van der Waals surface area contributed by atoms with Crippen molar-refractivity contribution in [3.8, 4) is 0 Å². The number of H-pyrrole nitrogens is 1. The predicted molar refractivity (Wildman–Crippen MR) is 95.4 cm³/mol. The highest BCUT2D eigenvalue weighted by molar-refractivity contribution is 7.89. The molecule has 0 atom stereocenters. The Balaban J connectivity index is 1.73. The highest BCUT2D eigenvalue weighted by atomic mass is 32.2. The fourth-order valence-corrected chi connectivity index (χ4v) is 4.36. The van der Waals surface area contributed by atoms with Crippen molar-refractivity contribution in [1.29, 1.82) is 0 Å². The first-order valence-corrected chi connectivity index (χ1v) is 9.48. The summed E-state index contributed by atoms with van der Waals surface area (Å²) < 4.78 is 27.2. The SMILES string of the molecule is C/C=C/C=C/C(=O)N1CCN(S(=O)(=O)c2c[nH]c3ncccc23)CC1. The molecule has 0 bridgehead atoms. The number of nitrogens with one attached hydrogen (secondary N) is 1. The largest absolute Gasteiger partial charge is 0.345 e. The van der Waals surface area contributed by atoms with Gasteiger partial charge in [0.15, 0.2) is 0 Å². The smallest absolute Gasteiger partial charge is 0.246 e. The number of amides is 1. The van der Waals surface area contributed by atoms with Crippen LogP contribution in [0.1, 0.15) is 6.92 Å². The maximum atomic E-state index is 12.9. The quantitative estimate of drug-likeness (QED) is 0.662. The molecule has 25 heavy (non-hydrogen) atoms. The van der Waals surface area contributed by atoms with E-state index in [4.69, 9.17) is 0 Å². The van der Waals surface area contributed by atoms with Crippen LogP contribution in [0.25, 0.3) is 11.0 Å². The summed E-state index contributed by atoms with van der Waals surface area (Å²) in [6.07, 6.45) is 9.89. The molecule has 1 fully saturated rings. The molecule has 1 aliphatic heterocycles. The van der Waals surface area contributed by atoms with Crippen LogP contribution in [-0.4, -0.2) is 59.7 Å². The van der Waals surface area contributed by atoms with E-state index in [9.17, 15) is 13.2 Å². The first-order chi connectivity index (χ1) is 12.0. The summed E-state index contributed by atoms with van der Waals surface area (Å²) in [7, 11) is -3.62. The molecule has 0 aromatic carbocycles. The first-order valence-electron chi connectivity index (χ1n) is 8.04. The molecule has 0 unspecified atom stereocenters. The Bertz CT molecular complexity index is 922. The van der Waals surface area contributed by atoms with Crippen LogP contribution < -0.4 is 0 Å². The number of aromatic amines is 1. The monoisotopic (exact) mass is 360 g/mol. The Morgan fingerprint density at radius 2 is 2.00 bits per heavy atom. The molecule has 0 aliphatic carbocycles. The lowest BCUT2D eigenvalue weighted by atomic mass is 10.3. The molecule has 8 heteroatoms. The molecule has 0 spiro atoms. The van der Waals surface area contributed by atoms with E-state index in [1.807, 2.05) is 13.0 Å². The predicted octanol–water partition coefficient (Wildman–Crippen LogP) is 1.53. The third-order valence-corrected chi connectivity index (χ3v) is 6.06. The Morgan fingerprint density at radius 1 is 1.24 bits per heavy atom. The molecule has 132 valence electrons. The van der Waals surface area contributed by atoms with Gasteiger partial charge >= 0.3 is 0 Å². The third kappa shape index (κ3) is 3.49. The summed E-state index contributed by atoms with van der Waals surface area (Å²) in [6.45, 7) is 3.17. The molecule has 7 nitrogen and oxygen atoms in total. The number of sulfonamides is 1. The summed E-state index contributed by atoms with van der Waals surface area (Å²) >= 11 is 0. The van der Waals surface area contributed by atoms with E-state index in [2.05, 4.69) is 9.97 Å². The molecule has 1 aliphatic rings. The zero-order valence-corrected chi connectivity index (χ0v) is 14.7. The summed E-state index contributed by atoms with van der Waals surface area (Å²) in [5.41, 5.74) is 0.545. The molecule has 0 radical (unpaired) electrons. The van der Waals surface area contributed by atoms with Crippen molar-refractivity contribution in [2.24, 2.45) is 0 Å². The highest BCUT2D eigenvalue weighted by Gasteiger charge is 2.31. The second kappa shape index (κ2) is 7.20. The van der Waals surface area contributed by atoms with Crippen LogP contribution in [0, 0.1) is 0 Å². The Kier molecular flexibility index (Phi) is 5.00. The van der Waals surface area contributed by atoms with E-state index in [0.29, 0.717) is 24.1 Å². The number of aromatic nitrogens is 2. The average molecular weight is 360 g/mol. The minimum Gasteiger partial charge on any atom is -0.345 e. The van der Waals surface area contributed by atoms with Crippen LogP contribution in [0.2, 0.25) is 0 Å². The van der Waals surface area contributed by atoms with Crippen LogP contribution in [0.5, 0.6) is 0 Å². The van der Waals surface area contributed by atoms with Gasteiger partial charge in [-0.2, -0.15) is 4.31 Å². The fraction of sp³-hybridized carbons (Fsp3) is 0.294. The van der Waals surface area contributed by atoms with Gasteiger partial charge in [-0.25, -0.2) is 13.4 Å². The molecular formula is C17H20N4O3S. The number of nitrogens with zero attached hydrogens (tertiary/aromatic N) is 3. The van der Waals surface area contributed by atoms with Gasteiger partial charge in [-0.15, -0.1) is 0 Å². The standard InChI is InChI=1S/C17H20N4O3S/c1-2-3-4-7-16(22)20-9-11-21(12-10-20)25(23,24)15-13-19-17-14(15)6-5-8-18-17/h2-8,13H,9-12H2,1H3,(H,18,19)/b3-2+,7-4+. The van der Waals surface area contributed by atoms with E-state index >= 15 is 0 Å². The van der Waals surface area contributed by atoms with Crippen LogP contribution in [0.4, 0.5) is 0 Å². The van der Waals surface area contributed by atoms with Crippen molar-refractivity contribution < 1.29 is 13.2 Å². The molecule has 1 saturated heterocycles. The maximum absolute atomic E-state index is 12.9. The van der Waals surface area contributed by atoms with E-state index in [1.54, 1.807) is 35.4 Å². The molecule has 2 aromatic heterocycles. The van der Waals surface area contributed by atoms with Gasteiger partial charge in [0.25, 0.3) is 0 Å². The molecular weight excluding hydrogens is 340 g/mol. The molecule has 3 heterocycles. The van der Waals surface area contributed by atoms with Crippen molar-refractivity contribution in [2.75, 3.05) is 26.2 Å². The minimum absolute atomic E-state index is 0.105. The summed E-state index contributed by atoms with van der Waals surface area (Å²) in [6, 6.07) is 3.44. The van der Waals surface area contributed by atoms with Crippen molar-refractivity contribution >= 4 is 27.0 Å². The van der Waals surface area contributed by atoms with Gasteiger partial charge in [-0.3, -0.25) is 4.79 Å². The fourth-order valence-electron chi connectivity index (χ4n) is 2.79. The number of piperazine rings is 1. The normalized spacial score (nSPS) is 17.1. The molecule has 2 aromatic rings. The Labute approximate surface area is 146 Å². The first kappa shape index (κ1) is 17.4. The zero-order valence-electron chi connectivity index (χ0n) is 13.9. The Morgan fingerprint density at radius 3 is 2.72 bits per heavy atom. The second-order valence-electron chi connectivity index (χ2n) is 5.67. The lowest BCUT2D eigenvalue weighted by Gasteiger charge is -2.33. The highest BCUT2D eigenvalue weighted by Crippen LogP contribution is 2.25. The lowest BCUT2D eigenvalue weighted by molar-refractivity contribution is -0.127. The van der Waals surface area contributed by atoms with Crippen LogP contribution >= 0.6 is 0 Å². The summed E-state index contributed by atoms with van der Waals surface area (Å²) in [5, 5.41) is 0.579. The zero-order chi connectivity index (χ0) is 17.9. The number of carbonyl (C=O) groups excluding carboxylic acids is 1. The van der Waals surface area contributed by atoms with E-state index < -0.39 is 10.0 Å². The number of hydrogen-bond donors (Lipinski definition) is 1. The van der Waals surface area contributed by atoms with Crippen LogP contribution in [0.3, 0.4) is 0 Å². The van der Waals surface area contributed by atoms with Crippen molar-refractivity contribution in [3.63, 3.8) is 0 Å². The van der Waals surface area contributed by atoms with E-state index in [1.165, 1.54) is 16.6 Å². The molecule has 3 rings (SSSR count). The van der Waals surface area contributed by atoms with Gasteiger partial charge in [-0.05, 0) is 19.1 Å². The van der Waals surface area contributed by atoms with Crippen molar-refractivity contribution in [2.45, 2.75) is 11.8 Å². The van der Waals surface area contributed by atoms with Gasteiger partial charge in [0.1, 0.15) is 10.5 Å². The van der Waals surface area contributed by atoms with Crippen LogP contribution in [0.15, 0.2) is 53.7 Å². The van der Waals surface area contributed by atoms with Crippen LogP contribution in [-0.2, 0) is 14.8 Å². The number of rotatable bonds is 4. The number of allylic oxidation sites excluding steroid dienone is 3. The molecule has 1 amide bonds. The van der Waals surface area contributed by atoms with E-state index in [0.717, 1.165) is 0 Å². The molecule has 0 saturated carbocycles. The summed E-state index contributed by atoms with van der Waals surface area (Å²) in [5.74, 6) is -0.105. The summed E-state index contributed by atoms with van der Waals surface area (Å²) in [4.78, 5) is 21.0. The topological polar surface area (TPSA) is 86.4 Å². The third-order valence-electron chi connectivity index (χ3n) is 4.12. The lowest BCUT2D eigenvalue weighted by Crippen LogP contribution is -2.50. The van der Waals surface area contributed by atoms with Gasteiger partial charge in [0.2, 0.25) is 15.9 Å². The number of pyridine rings is 1. The molecule has 1 N–H and O–H groups in total. The number of hydrogen-bond acceptors (Lipinski definition) is 4. The van der Waals surface area contributed by atoms with Crippen molar-refractivity contribution in [1.82, 2.24) is 19.2 Å². The second-order valence-corrected chi connectivity index (χ2v) is 7.57.